The summed E-state index contributed by atoms with van der Waals surface area (Å²) in [5.41, 5.74) is 0.773. The van der Waals surface area contributed by atoms with Crippen molar-refractivity contribution in [2.45, 2.75) is 36.6 Å². The smallest absolute Gasteiger partial charge is 0.150 e. The molecule has 3 heteroatoms. The van der Waals surface area contributed by atoms with Crippen LogP contribution in [0, 0.1) is 0 Å². The van der Waals surface area contributed by atoms with Crippen LogP contribution in [-0.2, 0) is 0 Å². The van der Waals surface area contributed by atoms with Gasteiger partial charge in [0.1, 0.15) is 6.29 Å². The van der Waals surface area contributed by atoms with Gasteiger partial charge in [-0.15, -0.1) is 11.8 Å². The standard InChI is InChI=1S/C15H21NOS/c1-16-9-3-2-6-14(16)8-10-18-15-7-4-5-13(11-15)12-17/h4-5,7,11-12,14H,2-3,6,8-10H2,1H3. The van der Waals surface area contributed by atoms with Crippen molar-refractivity contribution in [2.24, 2.45) is 0 Å². The van der Waals surface area contributed by atoms with E-state index in [1.165, 1.54) is 37.1 Å². The maximum absolute atomic E-state index is 10.7. The van der Waals surface area contributed by atoms with E-state index in [0.29, 0.717) is 0 Å². The summed E-state index contributed by atoms with van der Waals surface area (Å²) in [4.78, 5) is 14.4. The van der Waals surface area contributed by atoms with E-state index in [1.54, 1.807) is 0 Å². The Morgan fingerprint density at radius 3 is 3.11 bits per heavy atom. The molecule has 1 atom stereocenters. The van der Waals surface area contributed by atoms with Gasteiger partial charge in [-0.2, -0.15) is 0 Å². The fourth-order valence-electron chi connectivity index (χ4n) is 2.50. The number of hydrogen-bond acceptors (Lipinski definition) is 3. The Bertz CT molecular complexity index is 394. The molecule has 0 N–H and O–H groups in total. The van der Waals surface area contributed by atoms with Crippen molar-refractivity contribution < 1.29 is 4.79 Å². The Balaban J connectivity index is 1.78. The zero-order valence-electron chi connectivity index (χ0n) is 11.0. The predicted molar refractivity (Wildman–Crippen MR) is 77.4 cm³/mol. The summed E-state index contributed by atoms with van der Waals surface area (Å²) in [6.45, 7) is 1.25. The Morgan fingerprint density at radius 2 is 2.33 bits per heavy atom. The highest BCUT2D eigenvalue weighted by Gasteiger charge is 2.18. The van der Waals surface area contributed by atoms with E-state index in [1.807, 2.05) is 30.0 Å². The highest BCUT2D eigenvalue weighted by atomic mass is 32.2. The molecule has 0 saturated carbocycles. The van der Waals surface area contributed by atoms with Gasteiger partial charge >= 0.3 is 0 Å². The molecule has 1 aliphatic rings. The first kappa shape index (κ1) is 13.6. The second-order valence-corrected chi connectivity index (χ2v) is 6.13. The Labute approximate surface area is 114 Å². The number of rotatable bonds is 5. The van der Waals surface area contributed by atoms with Gasteiger partial charge in [-0.3, -0.25) is 4.79 Å². The van der Waals surface area contributed by atoms with E-state index in [4.69, 9.17) is 0 Å². The van der Waals surface area contributed by atoms with Gasteiger partial charge in [0.05, 0.1) is 0 Å². The molecule has 0 aromatic heterocycles. The van der Waals surface area contributed by atoms with E-state index in [9.17, 15) is 4.79 Å². The van der Waals surface area contributed by atoms with Crippen molar-refractivity contribution in [3.05, 3.63) is 29.8 Å². The van der Waals surface area contributed by atoms with Crippen LogP contribution in [0.3, 0.4) is 0 Å². The molecule has 98 valence electrons. The minimum Gasteiger partial charge on any atom is -0.303 e. The number of nitrogens with zero attached hydrogens (tertiary/aromatic N) is 1. The lowest BCUT2D eigenvalue weighted by molar-refractivity contribution is 0.112. The Hall–Kier alpha value is -0.800. The summed E-state index contributed by atoms with van der Waals surface area (Å²) in [5.74, 6) is 1.14. The van der Waals surface area contributed by atoms with Crippen molar-refractivity contribution in [1.82, 2.24) is 4.90 Å². The van der Waals surface area contributed by atoms with E-state index in [-0.39, 0.29) is 0 Å². The fraction of sp³-hybridized carbons (Fsp3) is 0.533. The monoisotopic (exact) mass is 263 g/mol. The summed E-state index contributed by atoms with van der Waals surface area (Å²) in [6, 6.07) is 8.62. The molecule has 1 unspecified atom stereocenters. The van der Waals surface area contributed by atoms with Crippen LogP contribution < -0.4 is 0 Å². The lowest BCUT2D eigenvalue weighted by Crippen LogP contribution is -2.36. The van der Waals surface area contributed by atoms with Crippen LogP contribution in [-0.4, -0.2) is 36.6 Å². The number of hydrogen-bond donors (Lipinski definition) is 0. The topological polar surface area (TPSA) is 20.3 Å². The van der Waals surface area contributed by atoms with Crippen LogP contribution in [0.4, 0.5) is 0 Å². The third kappa shape index (κ3) is 3.85. The average molecular weight is 263 g/mol. The van der Waals surface area contributed by atoms with Gasteiger partial charge < -0.3 is 4.90 Å². The van der Waals surface area contributed by atoms with Crippen molar-refractivity contribution in [2.75, 3.05) is 19.3 Å². The molecule has 0 spiro atoms. The summed E-state index contributed by atoms with van der Waals surface area (Å²) >= 11 is 1.86. The number of carbonyl (C=O) groups excluding carboxylic acids is 1. The number of carbonyl (C=O) groups is 1. The zero-order chi connectivity index (χ0) is 12.8. The van der Waals surface area contributed by atoms with Gasteiger partial charge in [0, 0.05) is 16.5 Å². The van der Waals surface area contributed by atoms with Crippen LogP contribution in [0.1, 0.15) is 36.0 Å². The molecule has 1 aromatic rings. The molecular weight excluding hydrogens is 242 g/mol. The van der Waals surface area contributed by atoms with Crippen LogP contribution in [0.5, 0.6) is 0 Å². The average Bonchev–Trinajstić information content (AvgIpc) is 2.41. The largest absolute Gasteiger partial charge is 0.303 e. The molecule has 0 radical (unpaired) electrons. The van der Waals surface area contributed by atoms with Gasteiger partial charge in [-0.1, -0.05) is 18.6 Å². The first-order chi connectivity index (χ1) is 8.79. The number of likely N-dealkylation sites (tertiary alicyclic amines) is 1. The molecule has 2 nitrogen and oxygen atoms in total. The Kier molecular flexibility index (Phi) is 5.26. The van der Waals surface area contributed by atoms with Crippen molar-refractivity contribution in [3.8, 4) is 0 Å². The quantitative estimate of drug-likeness (QED) is 0.599. The Morgan fingerprint density at radius 1 is 1.44 bits per heavy atom. The summed E-state index contributed by atoms with van der Waals surface area (Å²) < 4.78 is 0. The van der Waals surface area contributed by atoms with Gasteiger partial charge in [0.2, 0.25) is 0 Å². The van der Waals surface area contributed by atoms with Crippen molar-refractivity contribution in [3.63, 3.8) is 0 Å². The van der Waals surface area contributed by atoms with Crippen molar-refractivity contribution in [1.29, 1.82) is 0 Å². The van der Waals surface area contributed by atoms with Crippen LogP contribution in [0.25, 0.3) is 0 Å². The van der Waals surface area contributed by atoms with Gasteiger partial charge in [0.15, 0.2) is 0 Å². The fourth-order valence-corrected chi connectivity index (χ4v) is 3.52. The van der Waals surface area contributed by atoms with Crippen LogP contribution >= 0.6 is 11.8 Å². The second-order valence-electron chi connectivity index (χ2n) is 4.96. The second kappa shape index (κ2) is 6.95. The number of thioether (sulfide) groups is 1. The molecule has 18 heavy (non-hydrogen) atoms. The normalized spacial score (nSPS) is 20.8. The lowest BCUT2D eigenvalue weighted by atomic mass is 10.0. The van der Waals surface area contributed by atoms with E-state index < -0.39 is 0 Å². The molecule has 1 aromatic carbocycles. The molecule has 1 fully saturated rings. The van der Waals surface area contributed by atoms with E-state index >= 15 is 0 Å². The van der Waals surface area contributed by atoms with Gasteiger partial charge in [-0.25, -0.2) is 0 Å². The maximum Gasteiger partial charge on any atom is 0.150 e. The molecule has 1 saturated heterocycles. The molecule has 1 aliphatic heterocycles. The third-order valence-electron chi connectivity index (χ3n) is 3.64. The predicted octanol–water partition coefficient (Wildman–Crippen LogP) is 3.47. The summed E-state index contributed by atoms with van der Waals surface area (Å²) in [6.07, 6.45) is 6.22. The number of benzene rings is 1. The minimum atomic E-state index is 0.750. The summed E-state index contributed by atoms with van der Waals surface area (Å²) in [5, 5.41) is 0. The molecule has 2 rings (SSSR count). The highest BCUT2D eigenvalue weighted by Crippen LogP contribution is 2.24. The molecule has 0 aliphatic carbocycles. The summed E-state index contributed by atoms with van der Waals surface area (Å²) in [7, 11) is 2.24. The lowest BCUT2D eigenvalue weighted by Gasteiger charge is -2.32. The molecular formula is C15H21NOS. The highest BCUT2D eigenvalue weighted by molar-refractivity contribution is 7.99. The zero-order valence-corrected chi connectivity index (χ0v) is 11.8. The number of aldehydes is 1. The van der Waals surface area contributed by atoms with E-state index in [0.717, 1.165) is 23.6 Å². The molecule has 1 heterocycles. The van der Waals surface area contributed by atoms with Crippen molar-refractivity contribution >= 4 is 18.0 Å². The van der Waals surface area contributed by atoms with Gasteiger partial charge in [-0.05, 0) is 50.7 Å². The minimum absolute atomic E-state index is 0.750. The maximum atomic E-state index is 10.7. The van der Waals surface area contributed by atoms with Gasteiger partial charge in [0.25, 0.3) is 0 Å². The molecule has 0 bridgehead atoms. The molecule has 0 amide bonds. The van der Waals surface area contributed by atoms with Crippen LogP contribution in [0.15, 0.2) is 29.2 Å². The first-order valence-corrected chi connectivity index (χ1v) is 7.66. The van der Waals surface area contributed by atoms with Crippen LogP contribution in [0.2, 0.25) is 0 Å². The first-order valence-electron chi connectivity index (χ1n) is 6.68. The SMILES string of the molecule is CN1CCCCC1CCSc1cccc(C=O)c1. The third-order valence-corrected chi connectivity index (χ3v) is 4.66. The van der Waals surface area contributed by atoms with E-state index in [2.05, 4.69) is 18.0 Å². The number of piperidine rings is 1.